The zero-order valence-electron chi connectivity index (χ0n) is 11.9. The topological polar surface area (TPSA) is 59.3 Å². The van der Waals surface area contributed by atoms with Gasteiger partial charge in [-0.25, -0.2) is 4.79 Å². The number of ether oxygens (including phenoxy) is 2. The summed E-state index contributed by atoms with van der Waals surface area (Å²) in [5.74, 6) is -0.944. The Hall–Kier alpha value is -2.72. The van der Waals surface area contributed by atoms with Crippen LogP contribution in [0.25, 0.3) is 0 Å². The van der Waals surface area contributed by atoms with E-state index in [0.717, 1.165) is 12.1 Å². The number of hydrogen-bond donors (Lipinski definition) is 0. The summed E-state index contributed by atoms with van der Waals surface area (Å²) < 4.78 is 47.7. The van der Waals surface area contributed by atoms with E-state index in [1.165, 1.54) is 30.3 Å². The van der Waals surface area contributed by atoms with E-state index < -0.39 is 24.3 Å². The molecule has 0 saturated carbocycles. The molecule has 0 saturated heterocycles. The highest BCUT2D eigenvalue weighted by molar-refractivity contribution is 6.32. The highest BCUT2D eigenvalue weighted by Crippen LogP contribution is 2.31. The largest absolute Gasteiger partial charge is 0.482 e. The second-order valence-electron chi connectivity index (χ2n) is 4.55. The normalized spacial score (nSPS) is 10.8. The van der Waals surface area contributed by atoms with Crippen molar-refractivity contribution in [2.45, 2.75) is 6.18 Å². The average molecular weight is 356 g/mol. The highest BCUT2D eigenvalue weighted by Gasteiger charge is 2.30. The molecule has 0 radical (unpaired) electrons. The number of halogens is 4. The van der Waals surface area contributed by atoms with Gasteiger partial charge in [0.05, 0.1) is 22.2 Å². The van der Waals surface area contributed by atoms with E-state index in [1.807, 2.05) is 6.07 Å². The van der Waals surface area contributed by atoms with Crippen molar-refractivity contribution in [3.63, 3.8) is 0 Å². The molecule has 0 heterocycles. The molecular formula is C16H9ClF3NO3. The molecule has 0 atom stereocenters. The second-order valence-corrected chi connectivity index (χ2v) is 4.95. The van der Waals surface area contributed by atoms with Crippen molar-refractivity contribution in [2.75, 3.05) is 6.61 Å². The van der Waals surface area contributed by atoms with Gasteiger partial charge in [0.25, 0.3) is 0 Å². The van der Waals surface area contributed by atoms with E-state index in [2.05, 4.69) is 0 Å². The molecule has 0 bridgehead atoms. The third-order valence-electron chi connectivity index (χ3n) is 2.80. The molecule has 2 aromatic carbocycles. The minimum atomic E-state index is -4.50. The molecule has 0 unspecified atom stereocenters. The van der Waals surface area contributed by atoms with Gasteiger partial charge in [0.2, 0.25) is 0 Å². The number of rotatable bonds is 4. The predicted octanol–water partition coefficient (Wildman–Crippen LogP) is 4.21. The molecule has 0 N–H and O–H groups in total. The lowest BCUT2D eigenvalue weighted by molar-refractivity contribution is -0.137. The van der Waals surface area contributed by atoms with Crippen LogP contribution in [0.5, 0.6) is 11.5 Å². The standard InChI is InChI=1S/C16H9ClF3NO3/c17-13-6-10(8-21)4-5-14(13)24-15(22)9-23-12-3-1-2-11(7-12)16(18,19)20/h1-7H,9H2. The number of carbonyl (C=O) groups excluding carboxylic acids is 1. The van der Waals surface area contributed by atoms with Crippen molar-refractivity contribution in [3.05, 3.63) is 58.6 Å². The summed E-state index contributed by atoms with van der Waals surface area (Å²) in [4.78, 5) is 11.7. The van der Waals surface area contributed by atoms with E-state index >= 15 is 0 Å². The Kier molecular flexibility index (Phi) is 5.31. The zero-order chi connectivity index (χ0) is 17.7. The van der Waals surface area contributed by atoms with Crippen molar-refractivity contribution in [3.8, 4) is 17.6 Å². The Balaban J connectivity index is 1.98. The van der Waals surface area contributed by atoms with Crippen LogP contribution in [0.2, 0.25) is 5.02 Å². The zero-order valence-corrected chi connectivity index (χ0v) is 12.7. The molecule has 0 amide bonds. The van der Waals surface area contributed by atoms with Crippen LogP contribution in [0.4, 0.5) is 13.2 Å². The van der Waals surface area contributed by atoms with Crippen molar-refractivity contribution >= 4 is 17.6 Å². The van der Waals surface area contributed by atoms with Crippen LogP contribution in [0.3, 0.4) is 0 Å². The summed E-state index contributed by atoms with van der Waals surface area (Å²) in [6.45, 7) is -0.600. The van der Waals surface area contributed by atoms with Gasteiger partial charge in [-0.05, 0) is 36.4 Å². The van der Waals surface area contributed by atoms with Crippen LogP contribution in [-0.2, 0) is 11.0 Å². The van der Waals surface area contributed by atoms with Gasteiger partial charge in [-0.15, -0.1) is 0 Å². The van der Waals surface area contributed by atoms with Crippen LogP contribution in [-0.4, -0.2) is 12.6 Å². The first kappa shape index (κ1) is 17.6. The molecule has 2 rings (SSSR count). The summed E-state index contributed by atoms with van der Waals surface area (Å²) in [7, 11) is 0. The Morgan fingerprint density at radius 2 is 1.96 bits per heavy atom. The molecule has 4 nitrogen and oxygen atoms in total. The van der Waals surface area contributed by atoms with Crippen molar-refractivity contribution in [1.82, 2.24) is 0 Å². The molecule has 124 valence electrons. The van der Waals surface area contributed by atoms with Gasteiger partial charge in [-0.1, -0.05) is 17.7 Å². The molecule has 0 fully saturated rings. The molecular weight excluding hydrogens is 347 g/mol. The van der Waals surface area contributed by atoms with Crippen LogP contribution in [0.1, 0.15) is 11.1 Å². The van der Waals surface area contributed by atoms with Crippen molar-refractivity contribution < 1.29 is 27.4 Å². The smallest absolute Gasteiger partial charge is 0.416 e. The Morgan fingerprint density at radius 1 is 1.21 bits per heavy atom. The summed E-state index contributed by atoms with van der Waals surface area (Å²) >= 11 is 5.85. The second kappa shape index (κ2) is 7.23. The molecule has 0 aliphatic carbocycles. The number of nitrogens with zero attached hydrogens (tertiary/aromatic N) is 1. The van der Waals surface area contributed by atoms with E-state index in [-0.39, 0.29) is 16.5 Å². The van der Waals surface area contributed by atoms with E-state index in [0.29, 0.717) is 5.56 Å². The fraction of sp³-hybridized carbons (Fsp3) is 0.125. The molecule has 0 aromatic heterocycles. The summed E-state index contributed by atoms with van der Waals surface area (Å²) in [5, 5.41) is 8.77. The summed E-state index contributed by atoms with van der Waals surface area (Å²) in [6, 6.07) is 10.1. The molecule has 0 aliphatic heterocycles. The van der Waals surface area contributed by atoms with Crippen LogP contribution in [0.15, 0.2) is 42.5 Å². The minimum absolute atomic E-state index is 0.0216. The monoisotopic (exact) mass is 355 g/mol. The van der Waals surface area contributed by atoms with Gasteiger partial charge in [0, 0.05) is 0 Å². The number of carbonyl (C=O) groups is 1. The first-order valence-corrected chi connectivity index (χ1v) is 6.88. The van der Waals surface area contributed by atoms with E-state index in [4.69, 9.17) is 26.3 Å². The van der Waals surface area contributed by atoms with Gasteiger partial charge in [0.15, 0.2) is 6.61 Å². The predicted molar refractivity (Wildman–Crippen MR) is 78.7 cm³/mol. The molecule has 8 heteroatoms. The Morgan fingerprint density at radius 3 is 2.58 bits per heavy atom. The van der Waals surface area contributed by atoms with Gasteiger partial charge in [-0.3, -0.25) is 0 Å². The number of esters is 1. The van der Waals surface area contributed by atoms with Crippen LogP contribution >= 0.6 is 11.6 Å². The quantitative estimate of drug-likeness (QED) is 0.608. The molecule has 24 heavy (non-hydrogen) atoms. The molecule has 0 spiro atoms. The lowest BCUT2D eigenvalue weighted by Crippen LogP contribution is -2.18. The van der Waals surface area contributed by atoms with Gasteiger partial charge in [-0.2, -0.15) is 18.4 Å². The third-order valence-corrected chi connectivity index (χ3v) is 3.10. The first-order valence-electron chi connectivity index (χ1n) is 6.50. The van der Waals surface area contributed by atoms with Crippen molar-refractivity contribution in [1.29, 1.82) is 5.26 Å². The van der Waals surface area contributed by atoms with E-state index in [1.54, 1.807) is 0 Å². The number of nitriles is 1. The van der Waals surface area contributed by atoms with Gasteiger partial charge >= 0.3 is 12.1 Å². The average Bonchev–Trinajstić information content (AvgIpc) is 2.54. The number of hydrogen-bond acceptors (Lipinski definition) is 4. The summed E-state index contributed by atoms with van der Waals surface area (Å²) in [5.41, 5.74) is -0.594. The van der Waals surface area contributed by atoms with Gasteiger partial charge < -0.3 is 9.47 Å². The highest BCUT2D eigenvalue weighted by atomic mass is 35.5. The fourth-order valence-electron chi connectivity index (χ4n) is 1.71. The van der Waals surface area contributed by atoms with Crippen LogP contribution in [0, 0.1) is 11.3 Å². The Bertz CT molecular complexity index is 800. The van der Waals surface area contributed by atoms with Gasteiger partial charge in [0.1, 0.15) is 11.5 Å². The van der Waals surface area contributed by atoms with Crippen LogP contribution < -0.4 is 9.47 Å². The lowest BCUT2D eigenvalue weighted by atomic mass is 10.2. The maximum Gasteiger partial charge on any atom is 0.416 e. The summed E-state index contributed by atoms with van der Waals surface area (Å²) in [6.07, 6.45) is -4.50. The SMILES string of the molecule is N#Cc1ccc(OC(=O)COc2cccc(C(F)(F)F)c2)c(Cl)c1. The van der Waals surface area contributed by atoms with Crippen molar-refractivity contribution in [2.24, 2.45) is 0 Å². The fourth-order valence-corrected chi connectivity index (χ4v) is 1.93. The molecule has 2 aromatic rings. The lowest BCUT2D eigenvalue weighted by Gasteiger charge is -2.10. The third kappa shape index (κ3) is 4.64. The Labute approximate surface area is 140 Å². The first-order chi connectivity index (χ1) is 11.3. The number of alkyl halides is 3. The van der Waals surface area contributed by atoms with E-state index in [9.17, 15) is 18.0 Å². The maximum absolute atomic E-state index is 12.6. The number of benzene rings is 2. The maximum atomic E-state index is 12.6. The molecule has 0 aliphatic rings. The minimum Gasteiger partial charge on any atom is -0.482 e.